The van der Waals surface area contributed by atoms with Crippen molar-refractivity contribution in [2.75, 3.05) is 45.1 Å². The molecule has 1 aromatic heterocycles. The summed E-state index contributed by atoms with van der Waals surface area (Å²) in [5.41, 5.74) is 7.73. The van der Waals surface area contributed by atoms with E-state index < -0.39 is 0 Å². The predicted octanol–water partition coefficient (Wildman–Crippen LogP) is 4.04. The second-order valence-electron chi connectivity index (χ2n) is 10.4. The van der Waals surface area contributed by atoms with Gasteiger partial charge in [0.05, 0.1) is 0 Å². The van der Waals surface area contributed by atoms with Crippen LogP contribution in [0.3, 0.4) is 0 Å². The lowest BCUT2D eigenvalue weighted by atomic mass is 9.73. The molecular formula is C27H39N5O2. The lowest BCUT2D eigenvalue weighted by Gasteiger charge is -2.45. The number of ether oxygens (including phenoxy) is 1. The quantitative estimate of drug-likeness (QED) is 0.736. The van der Waals surface area contributed by atoms with E-state index in [1.807, 2.05) is 4.90 Å². The first-order valence-electron chi connectivity index (χ1n) is 12.7. The molecule has 2 aliphatic rings. The molecule has 2 aromatic rings. The first-order valence-corrected chi connectivity index (χ1v) is 12.7. The van der Waals surface area contributed by atoms with Crippen molar-refractivity contribution in [2.45, 2.75) is 52.4 Å². The number of likely N-dealkylation sites (tertiary alicyclic amines) is 1. The molecule has 34 heavy (non-hydrogen) atoms. The van der Waals surface area contributed by atoms with E-state index in [9.17, 15) is 4.79 Å². The van der Waals surface area contributed by atoms with Crippen molar-refractivity contribution in [3.8, 4) is 5.75 Å². The highest BCUT2D eigenvalue weighted by Gasteiger charge is 2.38. The maximum atomic E-state index is 13.0. The monoisotopic (exact) mass is 465 g/mol. The van der Waals surface area contributed by atoms with Crippen LogP contribution in [0.2, 0.25) is 0 Å². The third-order valence-corrected chi connectivity index (χ3v) is 7.26. The highest BCUT2D eigenvalue weighted by atomic mass is 16.5. The average Bonchev–Trinajstić information content (AvgIpc) is 2.82. The molecule has 0 aliphatic carbocycles. The van der Waals surface area contributed by atoms with E-state index in [2.05, 4.69) is 53.0 Å². The molecule has 0 unspecified atom stereocenters. The molecule has 3 heterocycles. The molecule has 4 rings (SSSR count). The molecule has 0 radical (unpaired) electrons. The number of rotatable bonds is 3. The van der Waals surface area contributed by atoms with Gasteiger partial charge < -0.3 is 15.4 Å². The van der Waals surface area contributed by atoms with Crippen molar-refractivity contribution in [1.29, 1.82) is 0 Å². The minimum Gasteiger partial charge on any atom is -0.492 e. The van der Waals surface area contributed by atoms with Crippen LogP contribution < -0.4 is 10.5 Å². The van der Waals surface area contributed by atoms with Crippen LogP contribution in [-0.2, 0) is 6.42 Å². The van der Waals surface area contributed by atoms with Gasteiger partial charge in [-0.2, -0.15) is 0 Å². The van der Waals surface area contributed by atoms with E-state index in [-0.39, 0.29) is 22.8 Å². The van der Waals surface area contributed by atoms with Crippen LogP contribution in [0.1, 0.15) is 62.0 Å². The Morgan fingerprint density at radius 1 is 1.09 bits per heavy atom. The lowest BCUT2D eigenvalue weighted by molar-refractivity contribution is 0.0352. The van der Waals surface area contributed by atoms with E-state index in [1.54, 1.807) is 0 Å². The first-order chi connectivity index (χ1) is 16.5. The maximum absolute atomic E-state index is 13.0. The minimum absolute atomic E-state index is 0.0994. The summed E-state index contributed by atoms with van der Waals surface area (Å²) in [6.07, 6.45) is 9.66. The molecule has 0 bridgehead atoms. The second-order valence-corrected chi connectivity index (χ2v) is 10.4. The number of carbonyl (C=O) groups excluding carboxylic acids is 1. The highest BCUT2D eigenvalue weighted by molar-refractivity contribution is 5.96. The van der Waals surface area contributed by atoms with Crippen LogP contribution in [0.15, 0.2) is 36.7 Å². The Hall–Kier alpha value is -2.67. The molecule has 1 amide bonds. The summed E-state index contributed by atoms with van der Waals surface area (Å²) in [6, 6.07) is 8.48. The van der Waals surface area contributed by atoms with Gasteiger partial charge in [0.15, 0.2) is 11.5 Å². The smallest absolute Gasteiger partial charge is 0.276 e. The maximum Gasteiger partial charge on any atom is 0.276 e. The van der Waals surface area contributed by atoms with Crippen LogP contribution in [0.4, 0.5) is 5.82 Å². The van der Waals surface area contributed by atoms with Gasteiger partial charge in [-0.1, -0.05) is 38.5 Å². The van der Waals surface area contributed by atoms with Crippen molar-refractivity contribution < 1.29 is 9.53 Å². The zero-order valence-corrected chi connectivity index (χ0v) is 20.7. The number of aryl methyl sites for hydroxylation is 1. The van der Waals surface area contributed by atoms with Crippen LogP contribution in [0.25, 0.3) is 0 Å². The van der Waals surface area contributed by atoms with Gasteiger partial charge in [-0.15, -0.1) is 0 Å². The second kappa shape index (κ2) is 11.2. The van der Waals surface area contributed by atoms with E-state index in [1.165, 1.54) is 30.8 Å². The number of piperidine rings is 1. The van der Waals surface area contributed by atoms with Crippen LogP contribution in [0, 0.1) is 11.3 Å². The summed E-state index contributed by atoms with van der Waals surface area (Å²) in [7, 11) is 0. The SMILES string of the molecule is CC(C)CN1CCOc2ccccc2CCCCC2(CCN(C(=O)c3nccnc3N)CC2)C1. The Balaban J connectivity index is 1.47. The van der Waals surface area contributed by atoms with Gasteiger partial charge in [0.25, 0.3) is 5.91 Å². The number of anilines is 1. The van der Waals surface area contributed by atoms with Crippen molar-refractivity contribution in [3.63, 3.8) is 0 Å². The zero-order chi connectivity index (χ0) is 24.0. The van der Waals surface area contributed by atoms with Crippen molar-refractivity contribution >= 4 is 11.7 Å². The Morgan fingerprint density at radius 3 is 2.62 bits per heavy atom. The number of amides is 1. The summed E-state index contributed by atoms with van der Waals surface area (Å²) < 4.78 is 6.24. The third-order valence-electron chi connectivity index (χ3n) is 7.26. The van der Waals surface area contributed by atoms with E-state index in [4.69, 9.17) is 10.5 Å². The largest absolute Gasteiger partial charge is 0.492 e. The van der Waals surface area contributed by atoms with Crippen LogP contribution in [-0.4, -0.2) is 65.0 Å². The summed E-state index contributed by atoms with van der Waals surface area (Å²) in [5, 5.41) is 0. The Kier molecular flexibility index (Phi) is 8.03. The number of benzene rings is 1. The van der Waals surface area contributed by atoms with Gasteiger partial charge in [-0.3, -0.25) is 9.69 Å². The molecule has 1 saturated heterocycles. The molecule has 7 heteroatoms. The van der Waals surface area contributed by atoms with Crippen molar-refractivity contribution in [1.82, 2.24) is 19.8 Å². The fourth-order valence-electron chi connectivity index (χ4n) is 5.51. The predicted molar refractivity (Wildman–Crippen MR) is 135 cm³/mol. The summed E-state index contributed by atoms with van der Waals surface area (Å²) in [5.74, 6) is 1.75. The molecule has 1 spiro atoms. The standard InChI is InChI=1S/C27H39N5O2/c1-21(2)19-31-17-18-34-23-9-4-3-7-22(23)8-5-6-10-27(20-31)11-15-32(16-12-27)26(33)24-25(28)30-14-13-29-24/h3-4,7,9,13-14,21H,5-6,8,10-12,15-20H2,1-2H3,(H2,28,30). The Labute approximate surface area is 203 Å². The number of nitrogens with zero attached hydrogens (tertiary/aromatic N) is 4. The van der Waals surface area contributed by atoms with Crippen LogP contribution >= 0.6 is 0 Å². The third kappa shape index (κ3) is 6.06. The van der Waals surface area contributed by atoms with Crippen LogP contribution in [0.5, 0.6) is 5.75 Å². The number of carbonyl (C=O) groups is 1. The number of hydrogen-bond acceptors (Lipinski definition) is 6. The van der Waals surface area contributed by atoms with Gasteiger partial charge in [0, 0.05) is 45.1 Å². The van der Waals surface area contributed by atoms with Gasteiger partial charge in [-0.25, -0.2) is 9.97 Å². The molecule has 2 aliphatic heterocycles. The molecular weight excluding hydrogens is 426 g/mol. The number of nitrogen functional groups attached to an aromatic ring is 1. The van der Waals surface area contributed by atoms with E-state index in [0.29, 0.717) is 12.5 Å². The minimum atomic E-state index is -0.0994. The molecule has 0 saturated carbocycles. The van der Waals surface area contributed by atoms with Gasteiger partial charge >= 0.3 is 0 Å². The van der Waals surface area contributed by atoms with Gasteiger partial charge in [0.2, 0.25) is 0 Å². The van der Waals surface area contributed by atoms with E-state index >= 15 is 0 Å². The molecule has 7 nitrogen and oxygen atoms in total. The lowest BCUT2D eigenvalue weighted by Crippen LogP contribution is -2.49. The summed E-state index contributed by atoms with van der Waals surface area (Å²) >= 11 is 0. The van der Waals surface area contributed by atoms with E-state index in [0.717, 1.165) is 64.2 Å². The Morgan fingerprint density at radius 2 is 1.85 bits per heavy atom. The topological polar surface area (TPSA) is 84.6 Å². The summed E-state index contributed by atoms with van der Waals surface area (Å²) in [4.78, 5) is 25.8. The average molecular weight is 466 g/mol. The number of fused-ring (bicyclic) bond motifs is 1. The normalized spacial score (nSPS) is 19.7. The van der Waals surface area contributed by atoms with Crippen molar-refractivity contribution in [3.05, 3.63) is 47.9 Å². The fraction of sp³-hybridized carbons (Fsp3) is 0.593. The molecule has 2 N–H and O–H groups in total. The zero-order valence-electron chi connectivity index (χ0n) is 20.7. The Bertz CT molecular complexity index is 956. The van der Waals surface area contributed by atoms with Crippen molar-refractivity contribution in [2.24, 2.45) is 11.3 Å². The van der Waals surface area contributed by atoms with Gasteiger partial charge in [-0.05, 0) is 55.1 Å². The number of para-hydroxylation sites is 1. The van der Waals surface area contributed by atoms with Gasteiger partial charge in [0.1, 0.15) is 12.4 Å². The number of nitrogens with two attached hydrogens (primary N) is 1. The molecule has 184 valence electrons. The number of hydrogen-bond donors (Lipinski definition) is 1. The highest BCUT2D eigenvalue weighted by Crippen LogP contribution is 2.39. The summed E-state index contributed by atoms with van der Waals surface area (Å²) in [6.45, 7) is 9.80. The number of aromatic nitrogens is 2. The molecule has 1 fully saturated rings. The molecule has 1 aromatic carbocycles. The fourth-order valence-corrected chi connectivity index (χ4v) is 5.51. The molecule has 0 atom stereocenters. The first kappa shape index (κ1) is 24.5.